The quantitative estimate of drug-likeness (QED) is 0.783. The first-order valence-electron chi connectivity index (χ1n) is 9.70. The van der Waals surface area contributed by atoms with Crippen LogP contribution in [0.5, 0.6) is 0 Å². The summed E-state index contributed by atoms with van der Waals surface area (Å²) >= 11 is 0. The van der Waals surface area contributed by atoms with Crippen LogP contribution in [0.1, 0.15) is 52.4 Å². The molecule has 2 saturated carbocycles. The van der Waals surface area contributed by atoms with Crippen LogP contribution in [-0.4, -0.2) is 49.7 Å². The molecule has 4 atom stereocenters. The van der Waals surface area contributed by atoms with Crippen LogP contribution in [0.4, 0.5) is 0 Å². The summed E-state index contributed by atoms with van der Waals surface area (Å²) in [6.45, 7) is 8.99. The highest BCUT2D eigenvalue weighted by Gasteiger charge is 2.40. The molecule has 3 aliphatic rings. The third kappa shape index (κ3) is 4.69. The van der Waals surface area contributed by atoms with Crippen LogP contribution in [0.3, 0.4) is 0 Å². The molecule has 0 aromatic rings. The number of ether oxygens (including phenoxy) is 1. The lowest BCUT2D eigenvalue weighted by molar-refractivity contribution is -0.122. The first kappa shape index (κ1) is 17.2. The van der Waals surface area contributed by atoms with Gasteiger partial charge in [0.05, 0.1) is 13.2 Å². The molecule has 3 fully saturated rings. The second-order valence-electron chi connectivity index (χ2n) is 8.37. The van der Waals surface area contributed by atoms with Gasteiger partial charge >= 0.3 is 0 Å². The number of amides is 1. The summed E-state index contributed by atoms with van der Waals surface area (Å²) in [5.74, 6) is 3.38. The van der Waals surface area contributed by atoms with E-state index in [1.54, 1.807) is 0 Å². The lowest BCUT2D eigenvalue weighted by Gasteiger charge is -2.35. The maximum atomic E-state index is 12.4. The average Bonchev–Trinajstić information content (AvgIpc) is 3.14. The van der Waals surface area contributed by atoms with Crippen LogP contribution in [0.15, 0.2) is 0 Å². The van der Waals surface area contributed by atoms with Crippen molar-refractivity contribution in [3.8, 4) is 0 Å². The summed E-state index contributed by atoms with van der Waals surface area (Å²) in [6.07, 6.45) is 7.38. The zero-order chi connectivity index (χ0) is 16.2. The van der Waals surface area contributed by atoms with E-state index in [2.05, 4.69) is 24.1 Å². The van der Waals surface area contributed by atoms with E-state index in [4.69, 9.17) is 4.74 Å². The van der Waals surface area contributed by atoms with Crippen LogP contribution in [-0.2, 0) is 9.53 Å². The summed E-state index contributed by atoms with van der Waals surface area (Å²) in [7, 11) is 0. The summed E-state index contributed by atoms with van der Waals surface area (Å²) in [5.41, 5.74) is 0. The Morgan fingerprint density at radius 2 is 2.00 bits per heavy atom. The molecule has 1 N–H and O–H groups in total. The van der Waals surface area contributed by atoms with Gasteiger partial charge in [-0.05, 0) is 49.4 Å². The fourth-order valence-electron chi connectivity index (χ4n) is 5.02. The van der Waals surface area contributed by atoms with Crippen molar-refractivity contribution in [1.82, 2.24) is 10.2 Å². The number of nitrogens with one attached hydrogen (secondary N) is 1. The van der Waals surface area contributed by atoms with E-state index < -0.39 is 0 Å². The van der Waals surface area contributed by atoms with Crippen LogP contribution in [0, 0.1) is 23.7 Å². The van der Waals surface area contributed by atoms with Crippen LogP contribution in [0.2, 0.25) is 0 Å². The minimum atomic E-state index is 0.282. The van der Waals surface area contributed by atoms with Crippen molar-refractivity contribution in [3.63, 3.8) is 0 Å². The van der Waals surface area contributed by atoms with Crippen LogP contribution in [0.25, 0.3) is 0 Å². The van der Waals surface area contributed by atoms with Crippen molar-refractivity contribution in [3.05, 3.63) is 0 Å². The Hall–Kier alpha value is -0.610. The number of fused-ring (bicyclic) bond motifs is 2. The first-order chi connectivity index (χ1) is 11.1. The summed E-state index contributed by atoms with van der Waals surface area (Å²) in [4.78, 5) is 14.9. The van der Waals surface area contributed by atoms with Gasteiger partial charge in [-0.25, -0.2) is 0 Å². The Morgan fingerprint density at radius 1 is 1.22 bits per heavy atom. The summed E-state index contributed by atoms with van der Waals surface area (Å²) in [5, 5.41) is 3.25. The molecule has 23 heavy (non-hydrogen) atoms. The molecule has 4 unspecified atom stereocenters. The second kappa shape index (κ2) is 7.98. The molecule has 1 heterocycles. The number of carbonyl (C=O) groups excluding carboxylic acids is 1. The minimum Gasteiger partial charge on any atom is -0.379 e. The number of rotatable bonds is 7. The third-order valence-corrected chi connectivity index (χ3v) is 6.17. The Labute approximate surface area is 141 Å². The van der Waals surface area contributed by atoms with Crippen molar-refractivity contribution in [1.29, 1.82) is 0 Å². The molecule has 0 radical (unpaired) electrons. The number of hydrogen-bond donors (Lipinski definition) is 1. The van der Waals surface area contributed by atoms with E-state index in [1.807, 2.05) is 0 Å². The van der Waals surface area contributed by atoms with Crippen molar-refractivity contribution < 1.29 is 9.53 Å². The number of carbonyl (C=O) groups is 1. The highest BCUT2D eigenvalue weighted by molar-refractivity contribution is 5.76. The van der Waals surface area contributed by atoms with Crippen molar-refractivity contribution in [2.75, 3.05) is 32.8 Å². The van der Waals surface area contributed by atoms with Gasteiger partial charge in [0.25, 0.3) is 0 Å². The lowest BCUT2D eigenvalue weighted by Crippen LogP contribution is -2.49. The molecule has 0 aromatic heterocycles. The smallest absolute Gasteiger partial charge is 0.220 e. The van der Waals surface area contributed by atoms with Crippen LogP contribution < -0.4 is 5.32 Å². The Balaban J connectivity index is 1.44. The highest BCUT2D eigenvalue weighted by Crippen LogP contribution is 2.49. The fourth-order valence-corrected chi connectivity index (χ4v) is 5.02. The van der Waals surface area contributed by atoms with E-state index in [0.29, 0.717) is 17.9 Å². The minimum absolute atomic E-state index is 0.282. The number of hydrogen-bond acceptors (Lipinski definition) is 3. The van der Waals surface area contributed by atoms with Gasteiger partial charge < -0.3 is 10.1 Å². The van der Waals surface area contributed by atoms with Gasteiger partial charge in [0, 0.05) is 32.1 Å². The largest absolute Gasteiger partial charge is 0.379 e. The molecular weight excluding hydrogens is 288 g/mol. The second-order valence-corrected chi connectivity index (χ2v) is 8.37. The molecule has 2 aliphatic carbocycles. The predicted octanol–water partition coefficient (Wildman–Crippen LogP) is 2.68. The Morgan fingerprint density at radius 3 is 2.61 bits per heavy atom. The standard InChI is InChI=1S/C19H34N2O2/c1-14(2)9-18(21-5-7-23-8-6-21)13-20-19(22)12-17-11-15-3-4-16(17)10-15/h14-18H,3-13H2,1-2H3,(H,20,22). The zero-order valence-corrected chi connectivity index (χ0v) is 14.9. The van der Waals surface area contributed by atoms with Gasteiger partial charge in [0.15, 0.2) is 0 Å². The van der Waals surface area contributed by atoms with E-state index in [-0.39, 0.29) is 5.91 Å². The SMILES string of the molecule is CC(C)CC(CNC(=O)CC1CC2CCC1C2)N1CCOCC1. The van der Waals surface area contributed by atoms with Crippen molar-refractivity contribution >= 4 is 5.91 Å². The molecule has 2 bridgehead atoms. The molecule has 0 spiro atoms. The van der Waals surface area contributed by atoms with Gasteiger partial charge in [0.1, 0.15) is 0 Å². The van der Waals surface area contributed by atoms with E-state index in [1.165, 1.54) is 25.7 Å². The maximum Gasteiger partial charge on any atom is 0.220 e. The molecule has 1 amide bonds. The Bertz CT molecular complexity index is 393. The lowest BCUT2D eigenvalue weighted by atomic mass is 9.86. The number of morpholine rings is 1. The van der Waals surface area contributed by atoms with Gasteiger partial charge in [-0.3, -0.25) is 9.69 Å². The molecule has 4 nitrogen and oxygen atoms in total. The topological polar surface area (TPSA) is 41.6 Å². The average molecular weight is 322 g/mol. The molecule has 0 aromatic carbocycles. The van der Waals surface area contributed by atoms with Gasteiger partial charge in [-0.1, -0.05) is 20.3 Å². The number of nitrogens with zero attached hydrogens (tertiary/aromatic N) is 1. The van der Waals surface area contributed by atoms with Crippen molar-refractivity contribution in [2.45, 2.75) is 58.4 Å². The van der Waals surface area contributed by atoms with E-state index in [0.717, 1.165) is 57.5 Å². The monoisotopic (exact) mass is 322 g/mol. The molecular formula is C19H34N2O2. The highest BCUT2D eigenvalue weighted by atomic mass is 16.5. The predicted molar refractivity (Wildman–Crippen MR) is 92.2 cm³/mol. The van der Waals surface area contributed by atoms with E-state index >= 15 is 0 Å². The fraction of sp³-hybridized carbons (Fsp3) is 0.947. The molecule has 4 heteroatoms. The Kier molecular flexibility index (Phi) is 5.97. The normalized spacial score (nSPS) is 32.4. The molecule has 1 aliphatic heterocycles. The van der Waals surface area contributed by atoms with Crippen molar-refractivity contribution in [2.24, 2.45) is 23.7 Å². The summed E-state index contributed by atoms with van der Waals surface area (Å²) < 4.78 is 5.47. The van der Waals surface area contributed by atoms with E-state index in [9.17, 15) is 4.79 Å². The van der Waals surface area contributed by atoms with Gasteiger partial charge in [-0.15, -0.1) is 0 Å². The first-order valence-corrected chi connectivity index (χ1v) is 9.70. The summed E-state index contributed by atoms with van der Waals surface area (Å²) in [6, 6.07) is 0.461. The zero-order valence-electron chi connectivity index (χ0n) is 14.9. The molecule has 3 rings (SSSR count). The molecule has 1 saturated heterocycles. The van der Waals surface area contributed by atoms with Crippen LogP contribution >= 0.6 is 0 Å². The molecule has 132 valence electrons. The van der Waals surface area contributed by atoms with Gasteiger partial charge in [0.2, 0.25) is 5.91 Å². The maximum absolute atomic E-state index is 12.4. The van der Waals surface area contributed by atoms with Gasteiger partial charge in [-0.2, -0.15) is 0 Å². The third-order valence-electron chi connectivity index (χ3n) is 6.17.